The Labute approximate surface area is 102 Å². The van der Waals surface area contributed by atoms with Gasteiger partial charge < -0.3 is 16.4 Å². The summed E-state index contributed by atoms with van der Waals surface area (Å²) in [5, 5.41) is 5.83. The Morgan fingerprint density at radius 1 is 1.24 bits per heavy atom. The summed E-state index contributed by atoms with van der Waals surface area (Å²) in [6, 6.07) is 6.24. The molecule has 1 aromatic rings. The van der Waals surface area contributed by atoms with Gasteiger partial charge in [-0.15, -0.1) is 0 Å². The standard InChI is InChI=1S/C13H19N3O/c14-13(17)16-7-6-15-9-10-4-5-11-2-1-3-12(11)8-10/h4-5,8,15H,1-3,6-7,9H2,(H3,14,16,17). The number of urea groups is 1. The van der Waals surface area contributed by atoms with Crippen molar-refractivity contribution >= 4 is 6.03 Å². The van der Waals surface area contributed by atoms with Gasteiger partial charge in [0.1, 0.15) is 0 Å². The smallest absolute Gasteiger partial charge is 0.312 e. The van der Waals surface area contributed by atoms with Gasteiger partial charge in [-0.05, 0) is 36.0 Å². The second kappa shape index (κ2) is 5.68. The van der Waals surface area contributed by atoms with Gasteiger partial charge in [0.05, 0.1) is 0 Å². The Balaban J connectivity index is 1.74. The van der Waals surface area contributed by atoms with E-state index in [0.717, 1.165) is 13.1 Å². The highest BCUT2D eigenvalue weighted by molar-refractivity contribution is 5.71. The molecular weight excluding hydrogens is 214 g/mol. The first kappa shape index (κ1) is 11.9. The molecule has 2 amide bonds. The number of aryl methyl sites for hydroxylation is 2. The van der Waals surface area contributed by atoms with Crippen molar-refractivity contribution in [3.8, 4) is 0 Å². The largest absolute Gasteiger partial charge is 0.352 e. The second-order valence-corrected chi connectivity index (χ2v) is 4.42. The van der Waals surface area contributed by atoms with E-state index >= 15 is 0 Å². The highest BCUT2D eigenvalue weighted by Crippen LogP contribution is 2.22. The first-order valence-corrected chi connectivity index (χ1v) is 6.10. The van der Waals surface area contributed by atoms with Crippen molar-refractivity contribution < 1.29 is 4.79 Å². The van der Waals surface area contributed by atoms with Gasteiger partial charge in [-0.2, -0.15) is 0 Å². The van der Waals surface area contributed by atoms with Gasteiger partial charge in [-0.1, -0.05) is 18.2 Å². The van der Waals surface area contributed by atoms with Crippen LogP contribution in [0.15, 0.2) is 18.2 Å². The van der Waals surface area contributed by atoms with Gasteiger partial charge in [0, 0.05) is 19.6 Å². The van der Waals surface area contributed by atoms with E-state index in [1.807, 2.05) is 0 Å². The molecule has 0 atom stereocenters. The molecule has 0 radical (unpaired) electrons. The number of carbonyl (C=O) groups excluding carboxylic acids is 1. The predicted octanol–water partition coefficient (Wildman–Crippen LogP) is 0.933. The zero-order valence-electron chi connectivity index (χ0n) is 9.96. The molecule has 4 N–H and O–H groups in total. The summed E-state index contributed by atoms with van der Waals surface area (Å²) < 4.78 is 0. The third-order valence-electron chi connectivity index (χ3n) is 3.09. The number of hydrogen-bond donors (Lipinski definition) is 3. The number of primary amides is 1. The third kappa shape index (κ3) is 3.46. The number of fused-ring (bicyclic) bond motifs is 1. The molecule has 1 aliphatic rings. The van der Waals surface area contributed by atoms with E-state index in [2.05, 4.69) is 28.8 Å². The fourth-order valence-corrected chi connectivity index (χ4v) is 2.24. The molecule has 4 nitrogen and oxygen atoms in total. The van der Waals surface area contributed by atoms with E-state index in [0.29, 0.717) is 6.54 Å². The van der Waals surface area contributed by atoms with Gasteiger partial charge in [0.25, 0.3) is 0 Å². The third-order valence-corrected chi connectivity index (χ3v) is 3.09. The maximum absolute atomic E-state index is 10.4. The van der Waals surface area contributed by atoms with Crippen LogP contribution in [0, 0.1) is 0 Å². The van der Waals surface area contributed by atoms with Crippen molar-refractivity contribution in [3.05, 3.63) is 34.9 Å². The molecule has 0 unspecified atom stereocenters. The lowest BCUT2D eigenvalue weighted by Crippen LogP contribution is -2.35. The number of amides is 2. The van der Waals surface area contributed by atoms with Crippen LogP contribution in [0.4, 0.5) is 4.79 Å². The number of rotatable bonds is 5. The zero-order chi connectivity index (χ0) is 12.1. The molecule has 2 rings (SSSR count). The summed E-state index contributed by atoms with van der Waals surface area (Å²) in [6.45, 7) is 2.15. The summed E-state index contributed by atoms with van der Waals surface area (Å²) in [4.78, 5) is 10.4. The van der Waals surface area contributed by atoms with Crippen LogP contribution in [0.2, 0.25) is 0 Å². The van der Waals surface area contributed by atoms with Crippen LogP contribution in [-0.4, -0.2) is 19.1 Å². The molecular formula is C13H19N3O. The van der Waals surface area contributed by atoms with Crippen molar-refractivity contribution in [2.24, 2.45) is 5.73 Å². The Kier molecular flexibility index (Phi) is 3.98. The van der Waals surface area contributed by atoms with E-state index < -0.39 is 6.03 Å². The molecule has 4 heteroatoms. The summed E-state index contributed by atoms with van der Waals surface area (Å²) in [7, 11) is 0. The highest BCUT2D eigenvalue weighted by atomic mass is 16.2. The van der Waals surface area contributed by atoms with Gasteiger partial charge in [0.2, 0.25) is 0 Å². The molecule has 0 spiro atoms. The quantitative estimate of drug-likeness (QED) is 0.662. The molecule has 0 bridgehead atoms. The lowest BCUT2D eigenvalue weighted by atomic mass is 10.1. The van der Waals surface area contributed by atoms with Crippen molar-refractivity contribution in [1.82, 2.24) is 10.6 Å². The Morgan fingerprint density at radius 3 is 2.88 bits per heavy atom. The highest BCUT2D eigenvalue weighted by Gasteiger charge is 2.10. The summed E-state index contributed by atoms with van der Waals surface area (Å²) in [6.07, 6.45) is 3.73. The van der Waals surface area contributed by atoms with Crippen LogP contribution < -0.4 is 16.4 Å². The van der Waals surface area contributed by atoms with Gasteiger partial charge in [-0.25, -0.2) is 4.79 Å². The normalized spacial score (nSPS) is 13.4. The number of nitrogens with one attached hydrogen (secondary N) is 2. The molecule has 1 aliphatic carbocycles. The Bertz CT molecular complexity index is 404. The van der Waals surface area contributed by atoms with Crippen LogP contribution in [0.25, 0.3) is 0 Å². The lowest BCUT2D eigenvalue weighted by Gasteiger charge is -2.07. The fourth-order valence-electron chi connectivity index (χ4n) is 2.24. The van der Waals surface area contributed by atoms with Crippen LogP contribution in [0.1, 0.15) is 23.1 Å². The molecule has 0 aliphatic heterocycles. The minimum Gasteiger partial charge on any atom is -0.352 e. The summed E-state index contributed by atoms with van der Waals surface area (Å²) in [5.74, 6) is 0. The number of hydrogen-bond acceptors (Lipinski definition) is 2. The first-order valence-electron chi connectivity index (χ1n) is 6.10. The Hall–Kier alpha value is -1.55. The molecule has 17 heavy (non-hydrogen) atoms. The van der Waals surface area contributed by atoms with E-state index in [-0.39, 0.29) is 0 Å². The SMILES string of the molecule is NC(=O)NCCNCc1ccc2c(c1)CCC2. The first-order chi connectivity index (χ1) is 8.25. The second-order valence-electron chi connectivity index (χ2n) is 4.42. The number of nitrogens with two attached hydrogens (primary N) is 1. The van der Waals surface area contributed by atoms with Crippen molar-refractivity contribution in [3.63, 3.8) is 0 Å². The monoisotopic (exact) mass is 233 g/mol. The summed E-state index contributed by atoms with van der Waals surface area (Å²) in [5.41, 5.74) is 9.28. The van der Waals surface area contributed by atoms with Gasteiger partial charge in [0.15, 0.2) is 0 Å². The van der Waals surface area contributed by atoms with Crippen molar-refractivity contribution in [1.29, 1.82) is 0 Å². The van der Waals surface area contributed by atoms with Crippen molar-refractivity contribution in [2.45, 2.75) is 25.8 Å². The topological polar surface area (TPSA) is 67.2 Å². The molecule has 0 aromatic heterocycles. The lowest BCUT2D eigenvalue weighted by molar-refractivity contribution is 0.249. The van der Waals surface area contributed by atoms with E-state index in [4.69, 9.17) is 5.73 Å². The maximum atomic E-state index is 10.4. The number of benzene rings is 1. The Morgan fingerprint density at radius 2 is 2.06 bits per heavy atom. The van der Waals surface area contributed by atoms with Gasteiger partial charge >= 0.3 is 6.03 Å². The van der Waals surface area contributed by atoms with Crippen LogP contribution in [0.5, 0.6) is 0 Å². The molecule has 0 fully saturated rings. The zero-order valence-corrected chi connectivity index (χ0v) is 9.96. The molecule has 1 aromatic carbocycles. The van der Waals surface area contributed by atoms with E-state index in [1.165, 1.54) is 36.0 Å². The molecule has 0 heterocycles. The molecule has 0 saturated carbocycles. The fraction of sp³-hybridized carbons (Fsp3) is 0.462. The predicted molar refractivity (Wildman–Crippen MR) is 67.8 cm³/mol. The minimum atomic E-state index is -0.468. The van der Waals surface area contributed by atoms with E-state index in [9.17, 15) is 4.79 Å². The average molecular weight is 233 g/mol. The van der Waals surface area contributed by atoms with Crippen LogP contribution in [-0.2, 0) is 19.4 Å². The van der Waals surface area contributed by atoms with Crippen LogP contribution in [0.3, 0.4) is 0 Å². The maximum Gasteiger partial charge on any atom is 0.312 e. The minimum absolute atomic E-state index is 0.468. The molecule has 0 saturated heterocycles. The summed E-state index contributed by atoms with van der Waals surface area (Å²) >= 11 is 0. The molecule has 92 valence electrons. The van der Waals surface area contributed by atoms with E-state index in [1.54, 1.807) is 0 Å². The average Bonchev–Trinajstić information content (AvgIpc) is 2.75. The van der Waals surface area contributed by atoms with Gasteiger partial charge in [-0.3, -0.25) is 0 Å². The van der Waals surface area contributed by atoms with Crippen LogP contribution >= 0.6 is 0 Å². The number of carbonyl (C=O) groups is 1. The van der Waals surface area contributed by atoms with Crippen molar-refractivity contribution in [2.75, 3.05) is 13.1 Å².